The van der Waals surface area contributed by atoms with Gasteiger partial charge in [-0.15, -0.1) is 5.10 Å². The van der Waals surface area contributed by atoms with Crippen molar-refractivity contribution in [1.82, 2.24) is 14.8 Å². The Morgan fingerprint density at radius 2 is 1.82 bits per heavy atom. The highest BCUT2D eigenvalue weighted by Gasteiger charge is 2.34. The third kappa shape index (κ3) is 4.06. The van der Waals surface area contributed by atoms with Crippen LogP contribution in [0.4, 0.5) is 11.6 Å². The van der Waals surface area contributed by atoms with Crippen LogP contribution in [0.15, 0.2) is 90.1 Å². The van der Waals surface area contributed by atoms with Gasteiger partial charge >= 0.3 is 0 Å². The summed E-state index contributed by atoms with van der Waals surface area (Å²) in [6.45, 7) is 1.84. The molecular formula is C25H20ClN5O2. The summed E-state index contributed by atoms with van der Waals surface area (Å²) in [6, 6.07) is 22.8. The van der Waals surface area contributed by atoms with Crippen LogP contribution >= 0.6 is 11.6 Å². The summed E-state index contributed by atoms with van der Waals surface area (Å²) in [7, 11) is 0. The molecule has 0 saturated heterocycles. The normalized spacial score (nSPS) is 15.0. The van der Waals surface area contributed by atoms with Crippen LogP contribution in [0.3, 0.4) is 0 Å². The summed E-state index contributed by atoms with van der Waals surface area (Å²) >= 11 is 6.12. The van der Waals surface area contributed by atoms with Gasteiger partial charge in [0.1, 0.15) is 11.8 Å². The lowest BCUT2D eigenvalue weighted by Gasteiger charge is -2.28. The summed E-state index contributed by atoms with van der Waals surface area (Å²) in [5.41, 5.74) is 3.39. The Balaban J connectivity index is 1.61. The average Bonchev–Trinajstić information content (AvgIpc) is 3.23. The third-order valence-corrected chi connectivity index (χ3v) is 5.67. The number of nitrogens with zero attached hydrogens (tertiary/aromatic N) is 3. The molecule has 164 valence electrons. The van der Waals surface area contributed by atoms with E-state index in [0.717, 1.165) is 5.56 Å². The van der Waals surface area contributed by atoms with E-state index in [1.54, 1.807) is 35.0 Å². The lowest BCUT2D eigenvalue weighted by atomic mass is 9.95. The van der Waals surface area contributed by atoms with E-state index in [9.17, 15) is 9.90 Å². The first kappa shape index (κ1) is 20.8. The molecule has 1 aliphatic heterocycles. The molecule has 3 N–H and O–H groups in total. The molecule has 1 amide bonds. The maximum Gasteiger partial charge on any atom is 0.255 e. The molecule has 2 heterocycles. The topological polar surface area (TPSA) is 92.1 Å². The molecule has 0 spiro atoms. The number of hydrogen-bond donors (Lipinski definition) is 3. The van der Waals surface area contributed by atoms with Crippen molar-refractivity contribution in [1.29, 1.82) is 0 Å². The first-order valence-corrected chi connectivity index (χ1v) is 10.7. The van der Waals surface area contributed by atoms with E-state index in [1.165, 1.54) is 0 Å². The smallest absolute Gasteiger partial charge is 0.255 e. The average molecular weight is 458 g/mol. The molecule has 1 unspecified atom stereocenters. The van der Waals surface area contributed by atoms with E-state index in [4.69, 9.17) is 16.7 Å². The molecule has 0 fully saturated rings. The fourth-order valence-electron chi connectivity index (χ4n) is 3.89. The number of carbonyl (C=O) groups is 1. The number of para-hydroxylation sites is 1. The molecule has 1 aliphatic rings. The highest BCUT2D eigenvalue weighted by Crippen LogP contribution is 2.37. The van der Waals surface area contributed by atoms with Crippen LogP contribution in [0.25, 0.3) is 11.4 Å². The Labute approximate surface area is 195 Å². The summed E-state index contributed by atoms with van der Waals surface area (Å²) in [5.74, 6) is 0.817. The van der Waals surface area contributed by atoms with Crippen LogP contribution in [-0.4, -0.2) is 25.8 Å². The number of aromatic nitrogens is 3. The van der Waals surface area contributed by atoms with Crippen LogP contribution in [0, 0.1) is 0 Å². The number of benzene rings is 3. The minimum absolute atomic E-state index is 0.125. The second-order valence-corrected chi connectivity index (χ2v) is 8.13. The van der Waals surface area contributed by atoms with Gasteiger partial charge in [0.05, 0.1) is 5.57 Å². The van der Waals surface area contributed by atoms with Crippen molar-refractivity contribution in [2.24, 2.45) is 0 Å². The van der Waals surface area contributed by atoms with Gasteiger partial charge in [-0.2, -0.15) is 4.98 Å². The van der Waals surface area contributed by atoms with Crippen LogP contribution < -0.4 is 10.6 Å². The molecule has 33 heavy (non-hydrogen) atoms. The van der Waals surface area contributed by atoms with Gasteiger partial charge in [0.15, 0.2) is 5.82 Å². The SMILES string of the molecule is CC1=C(C(=O)Nc2ccccc2)C(c2ccc(Cl)cc2)n2nc(-c3cccc(O)c3)nc2N1. The highest BCUT2D eigenvalue weighted by molar-refractivity contribution is 6.30. The second kappa shape index (κ2) is 8.44. The minimum Gasteiger partial charge on any atom is -0.508 e. The summed E-state index contributed by atoms with van der Waals surface area (Å²) in [6.07, 6.45) is 0. The number of anilines is 2. The zero-order valence-corrected chi connectivity index (χ0v) is 18.4. The molecule has 4 aromatic rings. The van der Waals surface area contributed by atoms with Crippen LogP contribution in [-0.2, 0) is 4.79 Å². The van der Waals surface area contributed by atoms with Gasteiger partial charge in [0.2, 0.25) is 5.95 Å². The number of allylic oxidation sites excluding steroid dienone is 1. The van der Waals surface area contributed by atoms with E-state index in [0.29, 0.717) is 39.3 Å². The molecule has 3 aromatic carbocycles. The first-order valence-electron chi connectivity index (χ1n) is 10.4. The number of carbonyl (C=O) groups excluding carboxylic acids is 1. The number of hydrogen-bond acceptors (Lipinski definition) is 5. The zero-order chi connectivity index (χ0) is 22.9. The monoisotopic (exact) mass is 457 g/mol. The van der Waals surface area contributed by atoms with Crippen LogP contribution in [0.1, 0.15) is 18.5 Å². The van der Waals surface area contributed by atoms with E-state index < -0.39 is 6.04 Å². The maximum atomic E-state index is 13.4. The van der Waals surface area contributed by atoms with Crippen molar-refractivity contribution in [3.05, 3.63) is 101 Å². The molecule has 0 radical (unpaired) electrons. The van der Waals surface area contributed by atoms with Crippen molar-refractivity contribution in [2.45, 2.75) is 13.0 Å². The van der Waals surface area contributed by atoms with E-state index >= 15 is 0 Å². The minimum atomic E-state index is -0.527. The Hall–Kier alpha value is -4.10. The number of phenolic OH excluding ortho intramolecular Hbond substituents is 1. The number of fused-ring (bicyclic) bond motifs is 1. The van der Waals surface area contributed by atoms with Gasteiger partial charge in [-0.3, -0.25) is 4.79 Å². The molecule has 1 aromatic heterocycles. The molecule has 0 aliphatic carbocycles. The zero-order valence-electron chi connectivity index (χ0n) is 17.7. The Morgan fingerprint density at radius 1 is 1.06 bits per heavy atom. The van der Waals surface area contributed by atoms with Gasteiger partial charge in [-0.05, 0) is 48.9 Å². The first-order chi connectivity index (χ1) is 16.0. The van der Waals surface area contributed by atoms with Gasteiger partial charge in [0.25, 0.3) is 5.91 Å². The predicted molar refractivity (Wildman–Crippen MR) is 128 cm³/mol. The Kier molecular flexibility index (Phi) is 5.32. The molecule has 1 atom stereocenters. The second-order valence-electron chi connectivity index (χ2n) is 7.69. The number of halogens is 1. The third-order valence-electron chi connectivity index (χ3n) is 5.42. The molecule has 7 nitrogen and oxygen atoms in total. The molecular weight excluding hydrogens is 438 g/mol. The van der Waals surface area contributed by atoms with Gasteiger partial charge in [-0.25, -0.2) is 4.68 Å². The van der Waals surface area contributed by atoms with Crippen molar-refractivity contribution in [3.8, 4) is 17.1 Å². The molecule has 5 rings (SSSR count). The number of amides is 1. The highest BCUT2D eigenvalue weighted by atomic mass is 35.5. The number of phenols is 1. The predicted octanol–water partition coefficient (Wildman–Crippen LogP) is 5.23. The summed E-state index contributed by atoms with van der Waals surface area (Å²) in [5, 5.41) is 21.4. The fourth-order valence-corrected chi connectivity index (χ4v) is 4.01. The number of nitrogens with one attached hydrogen (secondary N) is 2. The van der Waals surface area contributed by atoms with Crippen molar-refractivity contribution < 1.29 is 9.90 Å². The van der Waals surface area contributed by atoms with E-state index in [1.807, 2.05) is 55.5 Å². The lowest BCUT2D eigenvalue weighted by molar-refractivity contribution is -0.113. The fraction of sp³-hybridized carbons (Fsp3) is 0.0800. The van der Waals surface area contributed by atoms with Crippen LogP contribution in [0.5, 0.6) is 5.75 Å². The van der Waals surface area contributed by atoms with Gasteiger partial charge in [0, 0.05) is 22.0 Å². The van der Waals surface area contributed by atoms with Crippen molar-refractivity contribution in [2.75, 3.05) is 10.6 Å². The maximum absolute atomic E-state index is 13.4. The van der Waals surface area contributed by atoms with E-state index in [-0.39, 0.29) is 11.7 Å². The summed E-state index contributed by atoms with van der Waals surface area (Å²) in [4.78, 5) is 18.1. The number of rotatable bonds is 4. The molecule has 8 heteroatoms. The Morgan fingerprint density at radius 3 is 2.55 bits per heavy atom. The van der Waals surface area contributed by atoms with Crippen molar-refractivity contribution >= 4 is 29.1 Å². The van der Waals surface area contributed by atoms with Crippen LogP contribution in [0.2, 0.25) is 5.02 Å². The van der Waals surface area contributed by atoms with Gasteiger partial charge < -0.3 is 15.7 Å². The van der Waals surface area contributed by atoms with E-state index in [2.05, 4.69) is 15.6 Å². The standard InChI is InChI=1S/C25H20ClN5O2/c1-15-21(24(33)28-19-7-3-2-4-8-19)22(16-10-12-18(26)13-11-16)31-25(27-15)29-23(30-31)17-6-5-9-20(32)14-17/h2-14,22,32H,1H3,(H,28,33)(H,27,29,30). The van der Waals surface area contributed by atoms with Crippen molar-refractivity contribution in [3.63, 3.8) is 0 Å². The van der Waals surface area contributed by atoms with Gasteiger partial charge in [-0.1, -0.05) is 54.1 Å². The quantitative estimate of drug-likeness (QED) is 0.390. The summed E-state index contributed by atoms with van der Waals surface area (Å²) < 4.78 is 1.69. The molecule has 0 saturated carbocycles. The lowest BCUT2D eigenvalue weighted by Crippen LogP contribution is -2.31. The largest absolute Gasteiger partial charge is 0.508 e. The number of aromatic hydroxyl groups is 1. The Bertz CT molecular complexity index is 1360. The molecule has 0 bridgehead atoms.